The third kappa shape index (κ3) is 7.61. The number of benzene rings is 2. The van der Waals surface area contributed by atoms with Crippen LogP contribution in [0.3, 0.4) is 0 Å². The molecule has 2 aromatic carbocycles. The van der Waals surface area contributed by atoms with Gasteiger partial charge in [0.25, 0.3) is 10.0 Å². The van der Waals surface area contributed by atoms with Gasteiger partial charge in [0.2, 0.25) is 0 Å². The van der Waals surface area contributed by atoms with Gasteiger partial charge in [-0.05, 0) is 55.5 Å². The van der Waals surface area contributed by atoms with Crippen LogP contribution in [0.2, 0.25) is 0 Å². The second-order valence-corrected chi connectivity index (χ2v) is 12.8. The summed E-state index contributed by atoms with van der Waals surface area (Å²) in [4.78, 5) is 19.1. The largest absolute Gasteiger partial charge is 0.497 e. The molecule has 1 aliphatic carbocycles. The van der Waals surface area contributed by atoms with Crippen LogP contribution in [0.4, 0.5) is 4.79 Å². The van der Waals surface area contributed by atoms with E-state index in [0.717, 1.165) is 48.6 Å². The van der Waals surface area contributed by atoms with Crippen LogP contribution in [0.5, 0.6) is 5.75 Å². The minimum Gasteiger partial charge on any atom is -0.497 e. The summed E-state index contributed by atoms with van der Waals surface area (Å²) in [5, 5.41) is 14.3. The van der Waals surface area contributed by atoms with Crippen molar-refractivity contribution in [2.24, 2.45) is 5.92 Å². The number of aliphatic hydroxyl groups excluding tert-OH is 1. The minimum absolute atomic E-state index is 0.00728. The normalized spacial score (nSPS) is 24.2. The van der Waals surface area contributed by atoms with Crippen molar-refractivity contribution in [2.45, 2.75) is 80.5 Å². The van der Waals surface area contributed by atoms with Crippen molar-refractivity contribution >= 4 is 16.1 Å². The molecule has 2 aromatic rings. The van der Waals surface area contributed by atoms with Gasteiger partial charge in [-0.1, -0.05) is 54.1 Å². The van der Waals surface area contributed by atoms with Crippen LogP contribution >= 0.6 is 0 Å². The summed E-state index contributed by atoms with van der Waals surface area (Å²) in [6.07, 6.45) is 2.18. The lowest BCUT2D eigenvalue weighted by Crippen LogP contribution is -2.51. The van der Waals surface area contributed by atoms with Crippen LogP contribution in [0.1, 0.15) is 44.1 Å². The van der Waals surface area contributed by atoms with Gasteiger partial charge in [0.05, 0.1) is 55.9 Å². The number of fused-ring (bicyclic) bond motifs is 1. The van der Waals surface area contributed by atoms with Gasteiger partial charge in [-0.2, -0.15) is 0 Å². The highest BCUT2D eigenvalue weighted by Crippen LogP contribution is 2.33. The molecule has 42 heavy (non-hydrogen) atoms. The first-order valence-electron chi connectivity index (χ1n) is 14.6. The summed E-state index contributed by atoms with van der Waals surface area (Å²) in [7, 11) is -2.66. The standard InChI is InChI=1S/C30H40N2O9S/c1-37-22-12-14-24(15-13-22)42(35,36)32(41-23-10-6-3-7-11-23)19-27(33)26(18-21-8-4-2-5-9-21)31-30(34)40-28-20-39-29-25(28)16-17-38-29/h2,4-5,8-9,12-15,23,25-29,33H,3,6-7,10-11,16-20H2,1H3,(H,31,34). The minimum atomic E-state index is -4.16. The Bertz CT molecular complexity index is 1260. The van der Waals surface area contributed by atoms with Crippen molar-refractivity contribution in [3.05, 3.63) is 60.2 Å². The number of hydrogen-bond donors (Lipinski definition) is 2. The average molecular weight is 605 g/mol. The van der Waals surface area contributed by atoms with Crippen molar-refractivity contribution in [3.8, 4) is 5.75 Å². The fourth-order valence-corrected chi connectivity index (χ4v) is 7.00. The summed E-state index contributed by atoms with van der Waals surface area (Å²) >= 11 is 0. The van der Waals surface area contributed by atoms with Crippen molar-refractivity contribution < 1.29 is 42.1 Å². The maximum Gasteiger partial charge on any atom is 0.407 e. The Hall–Kier alpha value is -2.74. The molecule has 0 spiro atoms. The van der Waals surface area contributed by atoms with Crippen LogP contribution in [0.15, 0.2) is 59.5 Å². The molecular weight excluding hydrogens is 564 g/mol. The molecule has 0 aromatic heterocycles. The lowest BCUT2D eigenvalue weighted by atomic mass is 9.98. The summed E-state index contributed by atoms with van der Waals surface area (Å²) in [6.45, 7) is 0.386. The molecule has 1 amide bonds. The van der Waals surface area contributed by atoms with Crippen LogP contribution in [0, 0.1) is 5.92 Å². The molecule has 2 heterocycles. The molecule has 1 saturated carbocycles. The first kappa shape index (κ1) is 30.7. The van der Waals surface area contributed by atoms with E-state index in [2.05, 4.69) is 5.32 Å². The molecule has 3 aliphatic rings. The summed E-state index contributed by atoms with van der Waals surface area (Å²) in [5.74, 6) is 0.477. The number of carbonyl (C=O) groups excluding carboxylic acids is 1. The molecule has 11 nitrogen and oxygen atoms in total. The zero-order valence-electron chi connectivity index (χ0n) is 23.8. The SMILES string of the molecule is COc1ccc(S(=O)(=O)N(CC(O)C(Cc2ccccc2)NC(=O)OC2COC3OCCC23)OC2CCCCC2)cc1. The highest BCUT2D eigenvalue weighted by molar-refractivity contribution is 7.89. The van der Waals surface area contributed by atoms with Crippen LogP contribution < -0.4 is 10.1 Å². The predicted octanol–water partition coefficient (Wildman–Crippen LogP) is 3.41. The molecular formula is C30H40N2O9S. The number of sulfonamides is 1. The second-order valence-electron chi connectivity index (χ2n) is 11.0. The number of rotatable bonds is 12. The third-order valence-corrected chi connectivity index (χ3v) is 9.73. The van der Waals surface area contributed by atoms with E-state index in [1.54, 1.807) is 12.1 Å². The van der Waals surface area contributed by atoms with Crippen molar-refractivity contribution in [1.29, 1.82) is 0 Å². The van der Waals surface area contributed by atoms with Crippen LogP contribution in [-0.4, -0.2) is 81.6 Å². The highest BCUT2D eigenvalue weighted by atomic mass is 32.2. The van der Waals surface area contributed by atoms with E-state index in [4.69, 9.17) is 23.8 Å². The summed E-state index contributed by atoms with van der Waals surface area (Å²) < 4.78 is 50.4. The van der Waals surface area contributed by atoms with E-state index in [-0.39, 0.29) is 36.2 Å². The number of methoxy groups -OCH3 is 1. The van der Waals surface area contributed by atoms with E-state index >= 15 is 0 Å². The first-order chi connectivity index (χ1) is 20.3. The van der Waals surface area contributed by atoms with Gasteiger partial charge in [0, 0.05) is 0 Å². The second kappa shape index (κ2) is 14.2. The van der Waals surface area contributed by atoms with Gasteiger partial charge in [0.15, 0.2) is 6.29 Å². The number of hydrogen-bond acceptors (Lipinski definition) is 9. The number of aliphatic hydroxyl groups is 1. The molecule has 0 radical (unpaired) electrons. The van der Waals surface area contributed by atoms with Gasteiger partial charge in [-0.15, -0.1) is 0 Å². The Morgan fingerprint density at radius 3 is 2.50 bits per heavy atom. The topological polar surface area (TPSA) is 133 Å². The summed E-state index contributed by atoms with van der Waals surface area (Å²) in [5.41, 5.74) is 0.855. The van der Waals surface area contributed by atoms with Gasteiger partial charge >= 0.3 is 6.09 Å². The molecule has 3 fully saturated rings. The van der Waals surface area contributed by atoms with Gasteiger partial charge < -0.3 is 29.4 Å². The molecule has 5 atom stereocenters. The van der Waals surface area contributed by atoms with Crippen LogP contribution in [0.25, 0.3) is 0 Å². The predicted molar refractivity (Wildman–Crippen MR) is 152 cm³/mol. The van der Waals surface area contributed by atoms with Crippen LogP contribution in [-0.2, 0) is 35.5 Å². The number of ether oxygens (including phenoxy) is 4. The van der Waals surface area contributed by atoms with E-state index in [1.165, 1.54) is 19.2 Å². The van der Waals surface area contributed by atoms with Crippen molar-refractivity contribution in [3.63, 3.8) is 0 Å². The van der Waals surface area contributed by atoms with Gasteiger partial charge in [-0.25, -0.2) is 13.2 Å². The fourth-order valence-electron chi connectivity index (χ4n) is 5.70. The molecule has 12 heteroatoms. The van der Waals surface area contributed by atoms with Crippen molar-refractivity contribution in [1.82, 2.24) is 9.79 Å². The number of amides is 1. The average Bonchev–Trinajstić information content (AvgIpc) is 3.63. The fraction of sp³-hybridized carbons (Fsp3) is 0.567. The van der Waals surface area contributed by atoms with Gasteiger partial charge in [-0.3, -0.25) is 4.84 Å². The third-order valence-electron chi connectivity index (χ3n) is 8.09. The Morgan fingerprint density at radius 2 is 1.79 bits per heavy atom. The zero-order valence-corrected chi connectivity index (χ0v) is 24.6. The number of hydroxylamine groups is 1. The monoisotopic (exact) mass is 604 g/mol. The maximum atomic E-state index is 13.8. The molecule has 2 N–H and O–H groups in total. The molecule has 2 aliphatic heterocycles. The van der Waals surface area contributed by atoms with E-state index in [1.807, 2.05) is 30.3 Å². The Balaban J connectivity index is 1.34. The van der Waals surface area contributed by atoms with E-state index in [9.17, 15) is 18.3 Å². The Labute approximate surface area is 247 Å². The Morgan fingerprint density at radius 1 is 1.05 bits per heavy atom. The number of nitrogens with one attached hydrogen (secondary N) is 1. The lowest BCUT2D eigenvalue weighted by Gasteiger charge is -2.32. The quantitative estimate of drug-likeness (QED) is 0.350. The maximum absolute atomic E-state index is 13.8. The molecule has 2 saturated heterocycles. The summed E-state index contributed by atoms with van der Waals surface area (Å²) in [6, 6.07) is 14.5. The first-order valence-corrected chi connectivity index (χ1v) is 16.0. The lowest BCUT2D eigenvalue weighted by molar-refractivity contribution is -0.156. The highest BCUT2D eigenvalue weighted by Gasteiger charge is 2.44. The number of carbonyl (C=O) groups is 1. The van der Waals surface area contributed by atoms with Crippen molar-refractivity contribution in [2.75, 3.05) is 26.9 Å². The molecule has 5 rings (SSSR count). The molecule has 0 bridgehead atoms. The zero-order chi connectivity index (χ0) is 29.5. The molecule has 230 valence electrons. The van der Waals surface area contributed by atoms with E-state index < -0.39 is 40.9 Å². The van der Waals surface area contributed by atoms with E-state index in [0.29, 0.717) is 12.4 Å². The number of alkyl carbamates (subject to hydrolysis) is 1. The van der Waals surface area contributed by atoms with Gasteiger partial charge in [0.1, 0.15) is 11.9 Å². The number of nitrogens with zero attached hydrogens (tertiary/aromatic N) is 1. The Kier molecular flexibility index (Phi) is 10.3. The molecule has 5 unspecified atom stereocenters. The smallest absolute Gasteiger partial charge is 0.407 e.